The summed E-state index contributed by atoms with van der Waals surface area (Å²) in [5, 5.41) is 9.24. The van der Waals surface area contributed by atoms with Gasteiger partial charge in [-0.3, -0.25) is 9.78 Å². The Balaban J connectivity index is 1.67. The quantitative estimate of drug-likeness (QED) is 0.519. The first-order valence-electron chi connectivity index (χ1n) is 10.0. The first-order valence-corrected chi connectivity index (χ1v) is 10.0. The average Bonchev–Trinajstić information content (AvgIpc) is 2.80. The Labute approximate surface area is 175 Å². The van der Waals surface area contributed by atoms with E-state index in [0.717, 1.165) is 24.8 Å². The predicted molar refractivity (Wildman–Crippen MR) is 112 cm³/mol. The van der Waals surface area contributed by atoms with Gasteiger partial charge in [0.25, 0.3) is 5.91 Å². The molecule has 3 rings (SSSR count). The summed E-state index contributed by atoms with van der Waals surface area (Å²) in [6.45, 7) is 1.05. The minimum absolute atomic E-state index is 0.0190. The van der Waals surface area contributed by atoms with Gasteiger partial charge in [-0.2, -0.15) is 0 Å². The van der Waals surface area contributed by atoms with Gasteiger partial charge in [-0.15, -0.1) is 0 Å². The number of aryl methyl sites for hydroxylation is 1. The molecule has 0 radical (unpaired) electrons. The molecule has 7 heteroatoms. The predicted octanol–water partition coefficient (Wildman–Crippen LogP) is 3.53. The normalized spacial score (nSPS) is 10.7. The van der Waals surface area contributed by atoms with Crippen molar-refractivity contribution in [2.45, 2.75) is 25.7 Å². The number of carbonyl (C=O) groups excluding carboxylic acids is 1. The molecule has 0 saturated carbocycles. The molecule has 2 heterocycles. The fourth-order valence-electron chi connectivity index (χ4n) is 3.24. The third kappa shape index (κ3) is 5.90. The van der Waals surface area contributed by atoms with Gasteiger partial charge in [-0.25, -0.2) is 14.4 Å². The Bertz CT molecular complexity index is 935. The molecule has 1 N–H and O–H groups in total. The van der Waals surface area contributed by atoms with Gasteiger partial charge in [0.2, 0.25) is 0 Å². The van der Waals surface area contributed by atoms with Crippen LogP contribution in [0.2, 0.25) is 0 Å². The second kappa shape index (κ2) is 11.1. The number of halogens is 1. The van der Waals surface area contributed by atoms with E-state index >= 15 is 0 Å². The number of aliphatic hydroxyl groups excluding tert-OH is 1. The monoisotopic (exact) mass is 408 g/mol. The van der Waals surface area contributed by atoms with Gasteiger partial charge in [0.15, 0.2) is 0 Å². The van der Waals surface area contributed by atoms with Crippen LogP contribution in [-0.2, 0) is 6.42 Å². The summed E-state index contributed by atoms with van der Waals surface area (Å²) in [4.78, 5) is 27.5. The van der Waals surface area contributed by atoms with Gasteiger partial charge in [-0.1, -0.05) is 12.1 Å². The van der Waals surface area contributed by atoms with Crippen LogP contribution in [0.1, 0.15) is 35.2 Å². The average molecular weight is 408 g/mol. The van der Waals surface area contributed by atoms with Gasteiger partial charge >= 0.3 is 0 Å². The number of nitrogens with zero attached hydrogens (tertiary/aromatic N) is 4. The van der Waals surface area contributed by atoms with Gasteiger partial charge < -0.3 is 10.0 Å². The van der Waals surface area contributed by atoms with E-state index < -0.39 is 0 Å². The molecule has 0 unspecified atom stereocenters. The van der Waals surface area contributed by atoms with Crippen molar-refractivity contribution in [2.75, 3.05) is 19.7 Å². The number of pyridine rings is 1. The van der Waals surface area contributed by atoms with E-state index in [-0.39, 0.29) is 18.3 Å². The molecule has 0 atom stereocenters. The fraction of sp³-hybridized carbons (Fsp3) is 0.304. The highest BCUT2D eigenvalue weighted by molar-refractivity contribution is 5.99. The van der Waals surface area contributed by atoms with Crippen LogP contribution in [0.15, 0.2) is 61.2 Å². The van der Waals surface area contributed by atoms with E-state index in [2.05, 4.69) is 15.0 Å². The molecule has 0 saturated heterocycles. The van der Waals surface area contributed by atoms with Crippen LogP contribution in [0, 0.1) is 5.82 Å². The van der Waals surface area contributed by atoms with Crippen LogP contribution in [-0.4, -0.2) is 50.6 Å². The van der Waals surface area contributed by atoms with E-state index in [1.54, 1.807) is 47.6 Å². The van der Waals surface area contributed by atoms with Crippen LogP contribution in [0.3, 0.4) is 0 Å². The zero-order valence-corrected chi connectivity index (χ0v) is 16.7. The molecule has 0 spiro atoms. The van der Waals surface area contributed by atoms with Crippen molar-refractivity contribution >= 4 is 5.91 Å². The number of benzene rings is 1. The molecule has 0 aliphatic heterocycles. The molecule has 3 aromatic rings. The van der Waals surface area contributed by atoms with E-state index in [1.807, 2.05) is 0 Å². The third-order valence-electron chi connectivity index (χ3n) is 4.79. The summed E-state index contributed by atoms with van der Waals surface area (Å²) >= 11 is 0. The van der Waals surface area contributed by atoms with Gasteiger partial charge in [0.05, 0.1) is 11.3 Å². The van der Waals surface area contributed by atoms with E-state index in [0.29, 0.717) is 36.5 Å². The molecule has 1 aromatic carbocycles. The summed E-state index contributed by atoms with van der Waals surface area (Å²) in [5.41, 5.74) is 2.66. The maximum absolute atomic E-state index is 13.3. The molecule has 156 valence electrons. The molecule has 0 aliphatic rings. The minimum Gasteiger partial charge on any atom is -0.396 e. The lowest BCUT2D eigenvalue weighted by molar-refractivity contribution is 0.0742. The van der Waals surface area contributed by atoms with Crippen LogP contribution >= 0.6 is 0 Å². The molecule has 6 nitrogen and oxygen atoms in total. The summed E-state index contributed by atoms with van der Waals surface area (Å²) in [7, 11) is 0. The highest BCUT2D eigenvalue weighted by Gasteiger charge is 2.20. The topological polar surface area (TPSA) is 79.2 Å². The van der Waals surface area contributed by atoms with Crippen LogP contribution in [0.4, 0.5) is 4.39 Å². The molecular formula is C23H25FN4O2. The number of hydrogen-bond acceptors (Lipinski definition) is 5. The van der Waals surface area contributed by atoms with Crippen LogP contribution in [0.5, 0.6) is 0 Å². The largest absolute Gasteiger partial charge is 0.396 e. The van der Waals surface area contributed by atoms with E-state index in [9.17, 15) is 14.3 Å². The Hall–Kier alpha value is -3.19. The number of amides is 1. The van der Waals surface area contributed by atoms with Gasteiger partial charge in [-0.05, 0) is 61.6 Å². The van der Waals surface area contributed by atoms with Crippen molar-refractivity contribution < 1.29 is 14.3 Å². The molecular weight excluding hydrogens is 383 g/mol. The second-order valence-corrected chi connectivity index (χ2v) is 6.95. The molecule has 0 fully saturated rings. The highest BCUT2D eigenvalue weighted by Crippen LogP contribution is 2.20. The Morgan fingerprint density at radius 2 is 1.77 bits per heavy atom. The van der Waals surface area contributed by atoms with E-state index in [1.165, 1.54) is 18.5 Å². The minimum atomic E-state index is -0.240. The number of carbonyl (C=O) groups is 1. The van der Waals surface area contributed by atoms with Gasteiger partial charge in [0, 0.05) is 32.1 Å². The summed E-state index contributed by atoms with van der Waals surface area (Å²) in [6.07, 6.45) is 7.68. The molecule has 2 aromatic heterocycles. The lowest BCUT2D eigenvalue weighted by atomic mass is 10.1. The maximum atomic E-state index is 13.3. The van der Waals surface area contributed by atoms with Crippen molar-refractivity contribution in [3.63, 3.8) is 0 Å². The van der Waals surface area contributed by atoms with Crippen molar-refractivity contribution in [3.05, 3.63) is 78.1 Å². The zero-order valence-electron chi connectivity index (χ0n) is 16.7. The number of aromatic nitrogens is 3. The maximum Gasteiger partial charge on any atom is 0.256 e. The van der Waals surface area contributed by atoms with E-state index in [4.69, 9.17) is 0 Å². The summed E-state index contributed by atoms with van der Waals surface area (Å²) in [6, 6.07) is 11.7. The first-order chi connectivity index (χ1) is 14.7. The molecule has 30 heavy (non-hydrogen) atoms. The third-order valence-corrected chi connectivity index (χ3v) is 4.79. The Morgan fingerprint density at radius 1 is 0.967 bits per heavy atom. The number of rotatable bonds is 10. The van der Waals surface area contributed by atoms with Crippen LogP contribution in [0.25, 0.3) is 11.4 Å². The van der Waals surface area contributed by atoms with Crippen molar-refractivity contribution in [1.29, 1.82) is 0 Å². The zero-order chi connectivity index (χ0) is 21.2. The highest BCUT2D eigenvalue weighted by atomic mass is 19.1. The van der Waals surface area contributed by atoms with Gasteiger partial charge in [0.1, 0.15) is 17.8 Å². The Morgan fingerprint density at radius 3 is 2.50 bits per heavy atom. The summed E-state index contributed by atoms with van der Waals surface area (Å²) < 4.78 is 13.0. The standard InChI is InChI=1S/C23H25FN4O2/c24-19-9-7-18(8-10-19)5-1-2-14-28(15-4-16-29)23(30)20-6-3-12-26-22(20)21-11-13-25-17-27-21/h3,6-13,17,29H,1-2,4-5,14-16H2. The van der Waals surface area contributed by atoms with Crippen molar-refractivity contribution in [3.8, 4) is 11.4 Å². The second-order valence-electron chi connectivity index (χ2n) is 6.95. The number of unbranched alkanes of at least 4 members (excludes halogenated alkanes) is 1. The van der Waals surface area contributed by atoms with Crippen molar-refractivity contribution in [1.82, 2.24) is 19.9 Å². The number of hydrogen-bond donors (Lipinski definition) is 1. The smallest absolute Gasteiger partial charge is 0.256 e. The Kier molecular flexibility index (Phi) is 7.97. The molecule has 0 aliphatic carbocycles. The first kappa shape index (κ1) is 21.5. The summed E-state index contributed by atoms with van der Waals surface area (Å²) in [5.74, 6) is -0.373. The van der Waals surface area contributed by atoms with Crippen molar-refractivity contribution in [2.24, 2.45) is 0 Å². The van der Waals surface area contributed by atoms with Crippen LogP contribution < -0.4 is 0 Å². The lowest BCUT2D eigenvalue weighted by Gasteiger charge is -2.23. The fourth-order valence-corrected chi connectivity index (χ4v) is 3.24. The molecule has 1 amide bonds. The molecule has 0 bridgehead atoms. The SMILES string of the molecule is O=C(c1cccnc1-c1ccncn1)N(CCCO)CCCCc1ccc(F)cc1. The lowest BCUT2D eigenvalue weighted by Crippen LogP contribution is -2.34. The number of aliphatic hydroxyl groups is 1.